The molecule has 4 atom stereocenters. The minimum atomic E-state index is -0.785. The van der Waals surface area contributed by atoms with Crippen LogP contribution in [0.3, 0.4) is 0 Å². The summed E-state index contributed by atoms with van der Waals surface area (Å²) in [4.78, 5) is 37.2. The Balaban J connectivity index is 2.69. The zero-order valence-electron chi connectivity index (χ0n) is 22.8. The van der Waals surface area contributed by atoms with E-state index in [0.29, 0.717) is 24.3 Å². The summed E-state index contributed by atoms with van der Waals surface area (Å²) in [5.74, 6) is -1.11. The van der Waals surface area contributed by atoms with Crippen molar-refractivity contribution >= 4 is 29.4 Å². The van der Waals surface area contributed by atoms with E-state index in [1.807, 2.05) is 40.7 Å². The highest BCUT2D eigenvalue weighted by Crippen LogP contribution is 2.23. The summed E-state index contributed by atoms with van der Waals surface area (Å²) < 4.78 is 10.4. The van der Waals surface area contributed by atoms with Gasteiger partial charge in [0.15, 0.2) is 5.76 Å². The first-order valence-electron chi connectivity index (χ1n) is 12.3. The third-order valence-corrected chi connectivity index (χ3v) is 5.82. The van der Waals surface area contributed by atoms with Gasteiger partial charge in [-0.15, -0.1) is 0 Å². The number of aliphatic hydroxyl groups excluding tert-OH is 1. The van der Waals surface area contributed by atoms with Gasteiger partial charge in [-0.3, -0.25) is 9.59 Å². The molecule has 37 heavy (non-hydrogen) atoms. The smallest absolute Gasteiger partial charge is 0.373 e. The highest BCUT2D eigenvalue weighted by Gasteiger charge is 2.32. The number of methoxy groups -OCH3 is 1. The fourth-order valence-corrected chi connectivity index (χ4v) is 3.62. The Hall–Kier alpha value is -2.84. The summed E-state index contributed by atoms with van der Waals surface area (Å²) in [7, 11) is 1.43. The maximum atomic E-state index is 12.8. The number of esters is 1. The molecule has 0 aliphatic carbocycles. The first-order valence-corrected chi connectivity index (χ1v) is 12.7. The van der Waals surface area contributed by atoms with E-state index in [0.717, 1.165) is 5.57 Å². The lowest BCUT2D eigenvalue weighted by Gasteiger charge is -2.29. The van der Waals surface area contributed by atoms with Crippen LogP contribution >= 0.6 is 11.6 Å². The molecule has 0 aromatic rings. The molecule has 9 heteroatoms. The van der Waals surface area contributed by atoms with E-state index in [9.17, 15) is 19.5 Å². The monoisotopic (exact) mass is 536 g/mol. The number of amides is 2. The van der Waals surface area contributed by atoms with Gasteiger partial charge in [0.25, 0.3) is 0 Å². The largest absolute Gasteiger partial charge is 0.490 e. The number of hydrogen-bond donors (Lipinski definition) is 3. The van der Waals surface area contributed by atoms with E-state index in [2.05, 4.69) is 10.6 Å². The van der Waals surface area contributed by atoms with Crippen LogP contribution in [0.25, 0.3) is 0 Å². The molecule has 0 unspecified atom stereocenters. The maximum absolute atomic E-state index is 12.8. The van der Waals surface area contributed by atoms with E-state index in [4.69, 9.17) is 21.1 Å². The van der Waals surface area contributed by atoms with Crippen LogP contribution in [0.2, 0.25) is 0 Å². The van der Waals surface area contributed by atoms with Gasteiger partial charge >= 0.3 is 5.97 Å². The minimum absolute atomic E-state index is 0.0697. The SMILES string of the molecule is COC1=CC[C@@H]([C@@H](C)/C=C(C)/C=C\C(=O)N[C@H](C(=O)N/C=C\C[C@@H](O)C/C=C(\C)Cl)C(C)(C)C)OC1=O. The average molecular weight is 537 g/mol. The van der Waals surface area contributed by atoms with Crippen LogP contribution in [0.4, 0.5) is 0 Å². The first kappa shape index (κ1) is 32.2. The molecule has 3 N–H and O–H groups in total. The van der Waals surface area contributed by atoms with Crippen molar-refractivity contribution in [2.75, 3.05) is 7.11 Å². The second-order valence-corrected chi connectivity index (χ2v) is 10.8. The van der Waals surface area contributed by atoms with Crippen LogP contribution < -0.4 is 10.6 Å². The Bertz CT molecular complexity index is 954. The van der Waals surface area contributed by atoms with Crippen LogP contribution in [0.15, 0.2) is 59.0 Å². The Morgan fingerprint density at radius 2 is 1.95 bits per heavy atom. The first-order chi connectivity index (χ1) is 17.2. The van der Waals surface area contributed by atoms with E-state index in [1.54, 1.807) is 31.2 Å². The molecule has 1 heterocycles. The number of allylic oxidation sites excluding steroid dienone is 3. The third kappa shape index (κ3) is 12.3. The average Bonchev–Trinajstić information content (AvgIpc) is 2.81. The van der Waals surface area contributed by atoms with Crippen molar-refractivity contribution in [2.45, 2.75) is 79.1 Å². The van der Waals surface area contributed by atoms with Crippen molar-refractivity contribution in [3.8, 4) is 0 Å². The molecular weight excluding hydrogens is 496 g/mol. The number of ether oxygens (including phenoxy) is 2. The lowest BCUT2D eigenvalue weighted by molar-refractivity contribution is -0.151. The fraction of sp³-hybridized carbons (Fsp3) is 0.536. The van der Waals surface area contributed by atoms with Crippen molar-refractivity contribution in [3.63, 3.8) is 0 Å². The van der Waals surface area contributed by atoms with Gasteiger partial charge in [-0.1, -0.05) is 69.2 Å². The van der Waals surface area contributed by atoms with E-state index in [-0.39, 0.29) is 23.7 Å². The molecule has 0 spiro atoms. The minimum Gasteiger partial charge on any atom is -0.490 e. The van der Waals surface area contributed by atoms with Crippen molar-refractivity contribution in [2.24, 2.45) is 11.3 Å². The molecule has 1 aliphatic rings. The number of cyclic esters (lactones) is 1. The molecule has 0 radical (unpaired) electrons. The number of nitrogens with one attached hydrogen (secondary N) is 2. The topological polar surface area (TPSA) is 114 Å². The Labute approximate surface area is 225 Å². The van der Waals surface area contributed by atoms with Crippen LogP contribution in [0.1, 0.15) is 60.8 Å². The molecule has 0 aromatic carbocycles. The van der Waals surface area contributed by atoms with Gasteiger partial charge in [-0.2, -0.15) is 0 Å². The number of hydrogen-bond acceptors (Lipinski definition) is 6. The van der Waals surface area contributed by atoms with Crippen LogP contribution in [-0.4, -0.2) is 48.2 Å². The lowest BCUT2D eigenvalue weighted by atomic mass is 9.86. The lowest BCUT2D eigenvalue weighted by Crippen LogP contribution is -2.52. The van der Waals surface area contributed by atoms with E-state index >= 15 is 0 Å². The van der Waals surface area contributed by atoms with Crippen LogP contribution in [0, 0.1) is 11.3 Å². The summed E-state index contributed by atoms with van der Waals surface area (Å²) >= 11 is 5.76. The number of carbonyl (C=O) groups is 3. The molecule has 8 nitrogen and oxygen atoms in total. The second kappa shape index (κ2) is 15.4. The van der Waals surface area contributed by atoms with E-state index in [1.165, 1.54) is 19.4 Å². The summed E-state index contributed by atoms with van der Waals surface area (Å²) in [6, 6.07) is -0.785. The molecule has 206 valence electrons. The number of halogens is 1. The third-order valence-electron chi connectivity index (χ3n) is 5.66. The van der Waals surface area contributed by atoms with Crippen molar-refractivity contribution in [1.82, 2.24) is 10.6 Å². The molecular formula is C28H41ClN2O6. The van der Waals surface area contributed by atoms with Gasteiger partial charge in [0, 0.05) is 23.4 Å². The van der Waals surface area contributed by atoms with Gasteiger partial charge in [-0.05, 0) is 44.4 Å². The molecule has 1 rings (SSSR count). The highest BCUT2D eigenvalue weighted by atomic mass is 35.5. The summed E-state index contributed by atoms with van der Waals surface area (Å²) in [6.07, 6.45) is 11.9. The van der Waals surface area contributed by atoms with Crippen LogP contribution in [-0.2, 0) is 23.9 Å². The molecule has 0 aromatic heterocycles. The molecule has 0 saturated heterocycles. The maximum Gasteiger partial charge on any atom is 0.373 e. The van der Waals surface area contributed by atoms with Gasteiger partial charge in [0.05, 0.1) is 13.2 Å². The standard InChI is InChI=1S/C28H41ClN2O6/c1-18(17-19(2)22-13-14-23(36-7)27(35)37-22)10-15-24(33)31-25(28(4,5)6)26(34)30-16-8-9-21(32)12-11-20(3)29/h8,10-11,14-17,19,21-22,25,32H,9,12-13H2,1-7H3,(H,30,34)(H,31,33)/b15-10-,16-8-,18-17+,20-11+/t19-,21+,22-,25+/m0/s1. The zero-order valence-corrected chi connectivity index (χ0v) is 23.6. The molecule has 0 fully saturated rings. The quantitative estimate of drug-likeness (QED) is 0.193. The summed E-state index contributed by atoms with van der Waals surface area (Å²) in [6.45, 7) is 11.1. The van der Waals surface area contributed by atoms with Crippen molar-refractivity contribution < 1.29 is 29.0 Å². The Morgan fingerprint density at radius 1 is 1.27 bits per heavy atom. The summed E-state index contributed by atoms with van der Waals surface area (Å²) in [5, 5.41) is 16.0. The number of rotatable bonds is 12. The van der Waals surface area contributed by atoms with E-state index < -0.39 is 29.4 Å². The molecule has 0 bridgehead atoms. The Morgan fingerprint density at radius 3 is 2.51 bits per heavy atom. The molecule has 0 saturated carbocycles. The van der Waals surface area contributed by atoms with Gasteiger partial charge in [-0.25, -0.2) is 4.79 Å². The second-order valence-electron chi connectivity index (χ2n) is 10.2. The predicted molar refractivity (Wildman–Crippen MR) is 145 cm³/mol. The summed E-state index contributed by atoms with van der Waals surface area (Å²) in [5.41, 5.74) is 0.278. The van der Waals surface area contributed by atoms with Gasteiger partial charge < -0.3 is 25.2 Å². The number of aliphatic hydroxyl groups is 1. The normalized spacial score (nSPS) is 19.8. The van der Waals surface area contributed by atoms with Crippen LogP contribution in [0.5, 0.6) is 0 Å². The molecule has 1 aliphatic heterocycles. The molecule has 2 amide bonds. The van der Waals surface area contributed by atoms with Crippen molar-refractivity contribution in [1.29, 1.82) is 0 Å². The van der Waals surface area contributed by atoms with Gasteiger partial charge in [0.1, 0.15) is 12.1 Å². The number of carbonyl (C=O) groups excluding carboxylic acids is 3. The fourth-order valence-electron chi connectivity index (χ4n) is 3.53. The van der Waals surface area contributed by atoms with Gasteiger partial charge in [0.2, 0.25) is 11.8 Å². The predicted octanol–water partition coefficient (Wildman–Crippen LogP) is 4.42. The zero-order chi connectivity index (χ0) is 28.2. The van der Waals surface area contributed by atoms with Crippen molar-refractivity contribution in [3.05, 3.63) is 59.0 Å². The Kier molecular flexibility index (Phi) is 13.4. The highest BCUT2D eigenvalue weighted by molar-refractivity contribution is 6.29.